The molecule has 0 aliphatic rings. The van der Waals surface area contributed by atoms with Crippen molar-refractivity contribution in [2.45, 2.75) is 38.8 Å². The molecule has 0 bridgehead atoms. The molecule has 1 amide bonds. The van der Waals surface area contributed by atoms with Crippen LogP contribution >= 0.6 is 0 Å². The highest BCUT2D eigenvalue weighted by molar-refractivity contribution is 5.81. The van der Waals surface area contributed by atoms with Crippen molar-refractivity contribution in [3.63, 3.8) is 0 Å². The molecule has 1 aromatic rings. The molecule has 0 aromatic heterocycles. The topological polar surface area (TPSA) is 90.9 Å². The molecule has 1 aromatic carbocycles. The van der Waals surface area contributed by atoms with Gasteiger partial charge in [0, 0.05) is 12.1 Å². The number of hydrogen-bond acceptors (Lipinski definition) is 6. The lowest BCUT2D eigenvalue weighted by Gasteiger charge is -2.25. The van der Waals surface area contributed by atoms with Crippen molar-refractivity contribution in [3.05, 3.63) is 35.0 Å². The Kier molecular flexibility index (Phi) is 6.38. The second-order valence-corrected chi connectivity index (χ2v) is 6.09. The van der Waals surface area contributed by atoms with Crippen LogP contribution in [0.1, 0.15) is 26.3 Å². The van der Waals surface area contributed by atoms with E-state index in [1.165, 1.54) is 14.2 Å². The quantitative estimate of drug-likeness (QED) is 0.660. The van der Waals surface area contributed by atoms with Gasteiger partial charge in [-0.25, -0.2) is 9.59 Å². The van der Waals surface area contributed by atoms with E-state index in [9.17, 15) is 14.8 Å². The number of hydroxylamine groups is 1. The molecule has 0 heterocycles. The first kappa shape index (κ1) is 18.8. The Morgan fingerprint density at radius 2 is 1.83 bits per heavy atom. The molecule has 128 valence electrons. The number of hydrogen-bond donors (Lipinski definition) is 1. The van der Waals surface area contributed by atoms with Gasteiger partial charge in [0.25, 0.3) is 0 Å². The molecule has 7 nitrogen and oxygen atoms in total. The van der Waals surface area contributed by atoms with Gasteiger partial charge in [-0.15, -0.1) is 0 Å². The van der Waals surface area contributed by atoms with E-state index >= 15 is 0 Å². The van der Waals surface area contributed by atoms with Crippen LogP contribution < -0.4 is 10.4 Å². The van der Waals surface area contributed by atoms with E-state index in [0.717, 1.165) is 10.6 Å². The number of ether oxygens (including phenoxy) is 2. The minimum absolute atomic E-state index is 0.231. The van der Waals surface area contributed by atoms with E-state index in [0.29, 0.717) is 5.69 Å². The van der Waals surface area contributed by atoms with Gasteiger partial charge in [0.05, 0.1) is 7.11 Å². The molecule has 1 rings (SSSR count). The molecule has 1 N–H and O–H groups in total. The van der Waals surface area contributed by atoms with Crippen molar-refractivity contribution in [1.82, 2.24) is 5.32 Å². The molecule has 0 spiro atoms. The smallest absolute Gasteiger partial charge is 0.408 e. The molecule has 7 heteroatoms. The summed E-state index contributed by atoms with van der Waals surface area (Å²) < 4.78 is 9.86. The number of anilines is 1. The Balaban J connectivity index is 2.78. The van der Waals surface area contributed by atoms with Gasteiger partial charge in [-0.3, -0.25) is 0 Å². The lowest BCUT2D eigenvalue weighted by Crippen LogP contribution is -2.45. The average Bonchev–Trinajstić information content (AvgIpc) is 2.44. The van der Waals surface area contributed by atoms with Gasteiger partial charge < -0.3 is 25.1 Å². The summed E-state index contributed by atoms with van der Waals surface area (Å²) in [5, 5.41) is 14.4. The number of rotatable bonds is 5. The molecule has 0 aliphatic carbocycles. The van der Waals surface area contributed by atoms with Crippen molar-refractivity contribution < 1.29 is 19.1 Å². The molecule has 0 fully saturated rings. The van der Waals surface area contributed by atoms with Gasteiger partial charge in [-0.2, -0.15) is 0 Å². The second-order valence-electron chi connectivity index (χ2n) is 6.09. The molecular formula is C16H23N2O5-. The van der Waals surface area contributed by atoms with Crippen LogP contribution in [0.25, 0.3) is 0 Å². The predicted molar refractivity (Wildman–Crippen MR) is 87.1 cm³/mol. The lowest BCUT2D eigenvalue weighted by atomic mass is 10.1. The predicted octanol–water partition coefficient (Wildman–Crippen LogP) is 2.23. The van der Waals surface area contributed by atoms with E-state index in [1.54, 1.807) is 45.0 Å². The number of carbonyl (C=O) groups excluding carboxylic acids is 2. The zero-order chi connectivity index (χ0) is 17.6. The summed E-state index contributed by atoms with van der Waals surface area (Å²) in [6.07, 6.45) is -0.460. The van der Waals surface area contributed by atoms with E-state index in [-0.39, 0.29) is 6.42 Å². The summed E-state index contributed by atoms with van der Waals surface area (Å²) in [4.78, 5) is 23.7. The van der Waals surface area contributed by atoms with Crippen LogP contribution in [0.4, 0.5) is 10.5 Å². The fourth-order valence-electron chi connectivity index (χ4n) is 1.86. The first-order valence-corrected chi connectivity index (χ1v) is 7.19. The maximum Gasteiger partial charge on any atom is 0.408 e. The van der Waals surface area contributed by atoms with E-state index in [4.69, 9.17) is 9.47 Å². The largest absolute Gasteiger partial charge is 0.758 e. The number of amides is 1. The minimum atomic E-state index is -0.870. The van der Waals surface area contributed by atoms with Crippen LogP contribution in [0.3, 0.4) is 0 Å². The third-order valence-corrected chi connectivity index (χ3v) is 2.92. The highest BCUT2D eigenvalue weighted by atomic mass is 16.6. The van der Waals surface area contributed by atoms with Gasteiger partial charge in [0.15, 0.2) is 0 Å². The molecule has 1 unspecified atom stereocenters. The monoisotopic (exact) mass is 323 g/mol. The number of alkyl carbamates (subject to hydrolysis) is 1. The van der Waals surface area contributed by atoms with Crippen molar-refractivity contribution >= 4 is 17.7 Å². The van der Waals surface area contributed by atoms with E-state index in [1.807, 2.05) is 0 Å². The molecule has 23 heavy (non-hydrogen) atoms. The zero-order valence-corrected chi connectivity index (χ0v) is 14.1. The van der Waals surface area contributed by atoms with Gasteiger partial charge >= 0.3 is 12.1 Å². The number of esters is 1. The van der Waals surface area contributed by atoms with Crippen molar-refractivity contribution in [1.29, 1.82) is 0 Å². The average molecular weight is 323 g/mol. The summed E-state index contributed by atoms with van der Waals surface area (Å²) in [5.74, 6) is -0.569. The minimum Gasteiger partial charge on any atom is -0.758 e. The van der Waals surface area contributed by atoms with Crippen LogP contribution in [0, 0.1) is 5.21 Å². The summed E-state index contributed by atoms with van der Waals surface area (Å²) in [6, 6.07) is 5.85. The Labute approximate surface area is 136 Å². The fraction of sp³-hybridized carbons (Fsp3) is 0.500. The number of benzene rings is 1. The molecule has 0 radical (unpaired) electrons. The van der Waals surface area contributed by atoms with Crippen LogP contribution in [-0.4, -0.2) is 37.9 Å². The summed E-state index contributed by atoms with van der Waals surface area (Å²) >= 11 is 0. The normalized spacial score (nSPS) is 12.3. The summed E-state index contributed by atoms with van der Waals surface area (Å²) in [6.45, 7) is 5.20. The SMILES string of the molecule is COC(=O)C(Cc1ccc(N(C)[O-])cc1)NC(=O)OC(C)(C)C. The number of methoxy groups -OCH3 is 1. The first-order valence-electron chi connectivity index (χ1n) is 7.19. The van der Waals surface area contributed by atoms with E-state index in [2.05, 4.69) is 5.32 Å². The Hall–Kier alpha value is -2.28. The van der Waals surface area contributed by atoms with Crippen molar-refractivity contribution in [2.75, 3.05) is 19.2 Å². The molecular weight excluding hydrogens is 300 g/mol. The van der Waals surface area contributed by atoms with E-state index < -0.39 is 23.7 Å². The van der Waals surface area contributed by atoms with Crippen LogP contribution in [-0.2, 0) is 20.7 Å². The van der Waals surface area contributed by atoms with Crippen LogP contribution in [0.2, 0.25) is 0 Å². The molecule has 0 saturated heterocycles. The van der Waals surface area contributed by atoms with Gasteiger partial charge in [0.2, 0.25) is 0 Å². The Morgan fingerprint density at radius 3 is 2.26 bits per heavy atom. The zero-order valence-electron chi connectivity index (χ0n) is 14.1. The standard InChI is InChI=1S/C16H23N2O5/c1-16(2,3)23-15(20)17-13(14(19)22-5)10-11-6-8-12(9-7-11)18(4)21/h6-9,13H,10H2,1-5H3,(H,17,20)/q-1. The first-order chi connectivity index (χ1) is 10.6. The van der Waals surface area contributed by atoms with Crippen molar-refractivity contribution in [3.8, 4) is 0 Å². The van der Waals surface area contributed by atoms with Crippen molar-refractivity contribution in [2.24, 2.45) is 0 Å². The van der Waals surface area contributed by atoms with Gasteiger partial charge in [0.1, 0.15) is 11.6 Å². The molecule has 0 aliphatic heterocycles. The molecule has 1 atom stereocenters. The van der Waals surface area contributed by atoms with Crippen LogP contribution in [0.5, 0.6) is 0 Å². The Bertz CT molecular complexity index is 534. The third-order valence-electron chi connectivity index (χ3n) is 2.92. The van der Waals surface area contributed by atoms with Gasteiger partial charge in [-0.1, -0.05) is 12.1 Å². The number of nitrogens with one attached hydrogen (secondary N) is 1. The second kappa shape index (κ2) is 7.82. The number of nitrogens with zero attached hydrogens (tertiary/aromatic N) is 1. The van der Waals surface area contributed by atoms with Crippen LogP contribution in [0.15, 0.2) is 24.3 Å². The third kappa shape index (κ3) is 6.56. The summed E-state index contributed by atoms with van der Waals surface area (Å²) in [5.41, 5.74) is 0.621. The number of carbonyl (C=O) groups is 2. The maximum atomic E-state index is 11.8. The highest BCUT2D eigenvalue weighted by Crippen LogP contribution is 2.14. The summed E-state index contributed by atoms with van der Waals surface area (Å²) in [7, 11) is 2.65. The Morgan fingerprint density at radius 1 is 1.26 bits per heavy atom. The molecule has 0 saturated carbocycles. The fourth-order valence-corrected chi connectivity index (χ4v) is 1.86. The highest BCUT2D eigenvalue weighted by Gasteiger charge is 2.25. The van der Waals surface area contributed by atoms with Gasteiger partial charge in [-0.05, 0) is 45.5 Å². The lowest BCUT2D eigenvalue weighted by molar-refractivity contribution is -0.143. The maximum absolute atomic E-state index is 11.8.